The lowest BCUT2D eigenvalue weighted by molar-refractivity contribution is 0.0758. The van der Waals surface area contributed by atoms with E-state index >= 15 is 0 Å². The number of aryl methyl sites for hydroxylation is 2. The van der Waals surface area contributed by atoms with Crippen LogP contribution in [-0.4, -0.2) is 39.2 Å². The normalized spacial score (nSPS) is 14.6. The standard InChI is InChI=1S/C23H26N4O2/c1-16-10-11-18(17(2)15-16)24-22(28)21-25-20(19-9-5-8-14-27(19)21)23(29)26-12-6-3-4-7-13-26/h5,8-11,14-15H,3-4,6-7,12-13H2,1-2H3,(H,24,28). The summed E-state index contributed by atoms with van der Waals surface area (Å²) in [6, 6.07) is 11.4. The molecule has 4 rings (SSSR count). The maximum Gasteiger partial charge on any atom is 0.292 e. The number of anilines is 1. The van der Waals surface area contributed by atoms with Crippen molar-refractivity contribution < 1.29 is 9.59 Å². The largest absolute Gasteiger partial charge is 0.337 e. The van der Waals surface area contributed by atoms with Crippen LogP contribution in [-0.2, 0) is 0 Å². The Bertz CT molecular complexity index is 1060. The highest BCUT2D eigenvalue weighted by Gasteiger charge is 2.25. The van der Waals surface area contributed by atoms with E-state index < -0.39 is 0 Å². The quantitative estimate of drug-likeness (QED) is 0.728. The number of fused-ring (bicyclic) bond motifs is 1. The van der Waals surface area contributed by atoms with Crippen molar-refractivity contribution in [2.24, 2.45) is 0 Å². The van der Waals surface area contributed by atoms with Crippen LogP contribution in [0, 0.1) is 13.8 Å². The van der Waals surface area contributed by atoms with Crippen molar-refractivity contribution in [2.45, 2.75) is 39.5 Å². The number of aromatic nitrogens is 2. The molecule has 0 atom stereocenters. The summed E-state index contributed by atoms with van der Waals surface area (Å²) in [5, 5.41) is 2.94. The first-order valence-electron chi connectivity index (χ1n) is 10.2. The molecule has 1 N–H and O–H groups in total. The van der Waals surface area contributed by atoms with Crippen molar-refractivity contribution in [3.05, 3.63) is 65.2 Å². The summed E-state index contributed by atoms with van der Waals surface area (Å²) >= 11 is 0. The second-order valence-electron chi connectivity index (χ2n) is 7.72. The number of rotatable bonds is 3. The number of hydrogen-bond acceptors (Lipinski definition) is 3. The van der Waals surface area contributed by atoms with Crippen LogP contribution >= 0.6 is 0 Å². The van der Waals surface area contributed by atoms with Crippen molar-refractivity contribution in [3.8, 4) is 0 Å². The van der Waals surface area contributed by atoms with Crippen LogP contribution in [0.25, 0.3) is 5.52 Å². The van der Waals surface area contributed by atoms with Crippen LogP contribution in [0.1, 0.15) is 57.9 Å². The van der Waals surface area contributed by atoms with Crippen molar-refractivity contribution in [3.63, 3.8) is 0 Å². The molecule has 29 heavy (non-hydrogen) atoms. The Morgan fingerprint density at radius 3 is 2.48 bits per heavy atom. The molecule has 0 unspecified atom stereocenters. The summed E-state index contributed by atoms with van der Waals surface area (Å²) in [6.07, 6.45) is 6.10. The maximum absolute atomic E-state index is 13.2. The molecular weight excluding hydrogens is 364 g/mol. The second-order valence-corrected chi connectivity index (χ2v) is 7.72. The Kier molecular flexibility index (Phi) is 5.34. The molecular formula is C23H26N4O2. The number of nitrogens with one attached hydrogen (secondary N) is 1. The molecule has 0 saturated carbocycles. The number of carbonyl (C=O) groups is 2. The van der Waals surface area contributed by atoms with Crippen molar-refractivity contribution in [2.75, 3.05) is 18.4 Å². The summed E-state index contributed by atoms with van der Waals surface area (Å²) in [5.41, 5.74) is 3.87. The SMILES string of the molecule is Cc1ccc(NC(=O)c2nc(C(=O)N3CCCCCC3)c3ccccn23)c(C)c1. The fourth-order valence-corrected chi connectivity index (χ4v) is 3.91. The topological polar surface area (TPSA) is 66.7 Å². The van der Waals surface area contributed by atoms with Gasteiger partial charge in [-0.05, 0) is 50.5 Å². The first kappa shape index (κ1) is 19.2. The minimum absolute atomic E-state index is 0.0961. The summed E-state index contributed by atoms with van der Waals surface area (Å²) < 4.78 is 1.70. The van der Waals surface area contributed by atoms with E-state index in [-0.39, 0.29) is 17.6 Å². The van der Waals surface area contributed by atoms with Gasteiger partial charge in [-0.15, -0.1) is 0 Å². The molecule has 1 aliphatic rings. The van der Waals surface area contributed by atoms with Gasteiger partial charge >= 0.3 is 0 Å². The van der Waals surface area contributed by atoms with Crippen LogP contribution in [0.15, 0.2) is 42.6 Å². The summed E-state index contributed by atoms with van der Waals surface area (Å²) in [4.78, 5) is 32.6. The van der Waals surface area contributed by atoms with Gasteiger partial charge in [-0.3, -0.25) is 14.0 Å². The van der Waals surface area contributed by atoms with E-state index in [1.165, 1.54) is 0 Å². The maximum atomic E-state index is 13.2. The lowest BCUT2D eigenvalue weighted by atomic mass is 10.1. The molecule has 0 bridgehead atoms. The third-order valence-corrected chi connectivity index (χ3v) is 5.48. The predicted octanol–water partition coefficient (Wildman–Crippen LogP) is 4.22. The second kappa shape index (κ2) is 8.07. The molecule has 3 heterocycles. The monoisotopic (exact) mass is 390 g/mol. The zero-order valence-corrected chi connectivity index (χ0v) is 16.9. The van der Waals surface area contributed by atoms with Crippen molar-refractivity contribution in [1.82, 2.24) is 14.3 Å². The van der Waals surface area contributed by atoms with E-state index in [0.29, 0.717) is 11.2 Å². The summed E-state index contributed by atoms with van der Waals surface area (Å²) in [5.74, 6) is -0.201. The molecule has 150 valence electrons. The number of benzene rings is 1. The van der Waals surface area contributed by atoms with E-state index in [2.05, 4.69) is 10.3 Å². The zero-order valence-electron chi connectivity index (χ0n) is 16.9. The van der Waals surface area contributed by atoms with Gasteiger partial charge in [0.1, 0.15) is 0 Å². The first-order valence-corrected chi connectivity index (χ1v) is 10.2. The Morgan fingerprint density at radius 2 is 1.76 bits per heavy atom. The third-order valence-electron chi connectivity index (χ3n) is 5.48. The fourth-order valence-electron chi connectivity index (χ4n) is 3.91. The third kappa shape index (κ3) is 3.88. The first-order chi connectivity index (χ1) is 14.0. The molecule has 2 amide bonds. The highest BCUT2D eigenvalue weighted by atomic mass is 16.2. The van der Waals surface area contributed by atoms with Gasteiger partial charge in [-0.2, -0.15) is 0 Å². The van der Waals surface area contributed by atoms with Crippen molar-refractivity contribution >= 4 is 23.0 Å². The van der Waals surface area contributed by atoms with E-state index in [1.54, 1.807) is 10.6 Å². The number of hydrogen-bond donors (Lipinski definition) is 1. The Balaban J connectivity index is 1.68. The van der Waals surface area contributed by atoms with E-state index in [4.69, 9.17) is 0 Å². The minimum atomic E-state index is -0.326. The van der Waals surface area contributed by atoms with Crippen LogP contribution in [0.3, 0.4) is 0 Å². The van der Waals surface area contributed by atoms with E-state index in [0.717, 1.165) is 55.6 Å². The zero-order chi connectivity index (χ0) is 20.4. The van der Waals surface area contributed by atoms with Gasteiger partial charge in [0.05, 0.1) is 5.52 Å². The molecule has 1 aliphatic heterocycles. The van der Waals surface area contributed by atoms with Gasteiger partial charge in [-0.25, -0.2) is 4.98 Å². The van der Waals surface area contributed by atoms with Gasteiger partial charge < -0.3 is 10.2 Å². The number of carbonyl (C=O) groups excluding carboxylic acids is 2. The summed E-state index contributed by atoms with van der Waals surface area (Å²) in [7, 11) is 0. The number of pyridine rings is 1. The number of amides is 2. The van der Waals surface area contributed by atoms with Crippen LogP contribution in [0.5, 0.6) is 0 Å². The average molecular weight is 390 g/mol. The minimum Gasteiger partial charge on any atom is -0.337 e. The van der Waals surface area contributed by atoms with Crippen LogP contribution in [0.4, 0.5) is 5.69 Å². The molecule has 0 aliphatic carbocycles. The Morgan fingerprint density at radius 1 is 1.00 bits per heavy atom. The Labute approximate surface area is 170 Å². The molecule has 0 spiro atoms. The van der Waals surface area contributed by atoms with Gasteiger partial charge in [0, 0.05) is 25.0 Å². The van der Waals surface area contributed by atoms with E-state index in [9.17, 15) is 9.59 Å². The predicted molar refractivity (Wildman–Crippen MR) is 113 cm³/mol. The highest BCUT2D eigenvalue weighted by Crippen LogP contribution is 2.21. The Hall–Kier alpha value is -3.15. The molecule has 1 fully saturated rings. The molecule has 2 aromatic heterocycles. The molecule has 0 radical (unpaired) electrons. The van der Waals surface area contributed by atoms with Gasteiger partial charge in [0.2, 0.25) is 5.82 Å². The number of imidazole rings is 1. The van der Waals surface area contributed by atoms with Gasteiger partial charge in [-0.1, -0.05) is 36.6 Å². The summed E-state index contributed by atoms with van der Waals surface area (Å²) in [6.45, 7) is 5.46. The van der Waals surface area contributed by atoms with Gasteiger partial charge in [0.15, 0.2) is 5.69 Å². The lowest BCUT2D eigenvalue weighted by Gasteiger charge is -2.19. The smallest absolute Gasteiger partial charge is 0.292 e. The van der Waals surface area contributed by atoms with Crippen LogP contribution in [0.2, 0.25) is 0 Å². The number of nitrogens with zero attached hydrogens (tertiary/aromatic N) is 3. The molecule has 6 nitrogen and oxygen atoms in total. The lowest BCUT2D eigenvalue weighted by Crippen LogP contribution is -2.32. The average Bonchev–Trinajstić information content (AvgIpc) is 2.89. The van der Waals surface area contributed by atoms with Gasteiger partial charge in [0.25, 0.3) is 11.8 Å². The molecule has 1 saturated heterocycles. The molecule has 1 aromatic carbocycles. The van der Waals surface area contributed by atoms with Crippen molar-refractivity contribution in [1.29, 1.82) is 0 Å². The van der Waals surface area contributed by atoms with Crippen LogP contribution < -0.4 is 5.32 Å². The number of likely N-dealkylation sites (tertiary alicyclic amines) is 1. The highest BCUT2D eigenvalue weighted by molar-refractivity contribution is 6.06. The molecule has 3 aromatic rings. The molecule has 6 heteroatoms. The van der Waals surface area contributed by atoms with E-state index in [1.807, 2.05) is 55.1 Å². The fraction of sp³-hybridized carbons (Fsp3) is 0.348.